The summed E-state index contributed by atoms with van der Waals surface area (Å²) in [5.74, 6) is 0. The van der Waals surface area contributed by atoms with Gasteiger partial charge in [-0.05, 0) is 72.8 Å². The summed E-state index contributed by atoms with van der Waals surface area (Å²) in [6.07, 6.45) is 0. The minimum absolute atomic E-state index is 0.661. The Morgan fingerprint density at radius 1 is 0.200 bits per heavy atom. The number of nitrogens with two attached hydrogens (primary N) is 6. The molecule has 0 amide bonds. The Hall–Kier alpha value is -7.06. The lowest BCUT2D eigenvalue weighted by Crippen LogP contribution is -2.15. The van der Waals surface area contributed by atoms with Crippen LogP contribution in [0, 0.1) is 0 Å². The third kappa shape index (κ3) is 8.26. The Morgan fingerprint density at radius 2 is 0.340 bits per heavy atom. The van der Waals surface area contributed by atoms with Gasteiger partial charge in [0, 0.05) is 0 Å². The lowest BCUT2D eigenvalue weighted by Gasteiger charge is -2.28. The van der Waals surface area contributed by atoms with Gasteiger partial charge in [0.2, 0.25) is 0 Å². The van der Waals surface area contributed by atoms with Gasteiger partial charge in [-0.25, -0.2) is 0 Å². The van der Waals surface area contributed by atoms with Crippen LogP contribution in [0.5, 0.6) is 0 Å². The van der Waals surface area contributed by atoms with Crippen molar-refractivity contribution < 1.29 is 0 Å². The zero-order valence-corrected chi connectivity index (χ0v) is 27.7. The summed E-state index contributed by atoms with van der Waals surface area (Å²) in [4.78, 5) is 3.97. The number of anilines is 12. The van der Waals surface area contributed by atoms with Crippen molar-refractivity contribution in [1.29, 1.82) is 0 Å². The Labute approximate surface area is 293 Å². The highest BCUT2D eigenvalue weighted by atomic mass is 15.2. The standard InChI is InChI=1S/2C18H18N4.C6H6/c2*19-13-7-1-4-10-16(13)22(17-11-5-2-8-14(17)20)18-12-6-3-9-15(18)21;1-2-4-6-5-3-1/h2*1-12H,19-21H2;1-6H. The molecule has 0 fully saturated rings. The number of rotatable bonds is 6. The van der Waals surface area contributed by atoms with Crippen molar-refractivity contribution in [3.05, 3.63) is 182 Å². The molecule has 0 heterocycles. The number of hydrogen-bond acceptors (Lipinski definition) is 8. The van der Waals surface area contributed by atoms with Gasteiger partial charge < -0.3 is 44.2 Å². The Morgan fingerprint density at radius 3 is 0.480 bits per heavy atom. The molecular formula is C42H42N8. The average Bonchev–Trinajstić information content (AvgIpc) is 3.14. The summed E-state index contributed by atoms with van der Waals surface area (Å²) in [5, 5.41) is 0. The van der Waals surface area contributed by atoms with Crippen LogP contribution in [0.2, 0.25) is 0 Å². The molecule has 0 atom stereocenters. The minimum atomic E-state index is 0.661. The molecule has 12 N–H and O–H groups in total. The summed E-state index contributed by atoms with van der Waals surface area (Å²) in [6.45, 7) is 0. The second kappa shape index (κ2) is 16.7. The maximum Gasteiger partial charge on any atom is 0.0692 e. The van der Waals surface area contributed by atoms with Gasteiger partial charge in [0.25, 0.3) is 0 Å². The molecule has 7 aromatic carbocycles. The molecule has 8 nitrogen and oxygen atoms in total. The largest absolute Gasteiger partial charge is 0.397 e. The maximum absolute atomic E-state index is 6.17. The second-order valence-electron chi connectivity index (χ2n) is 11.2. The minimum Gasteiger partial charge on any atom is -0.397 e. The normalized spacial score (nSPS) is 10.1. The van der Waals surface area contributed by atoms with E-state index in [4.69, 9.17) is 34.4 Å². The van der Waals surface area contributed by atoms with Crippen molar-refractivity contribution in [1.82, 2.24) is 0 Å². The van der Waals surface area contributed by atoms with Crippen LogP contribution >= 0.6 is 0 Å². The molecule has 7 aromatic rings. The van der Waals surface area contributed by atoms with Crippen LogP contribution in [-0.2, 0) is 0 Å². The predicted molar refractivity (Wildman–Crippen MR) is 215 cm³/mol. The molecule has 7 rings (SSSR count). The van der Waals surface area contributed by atoms with E-state index in [9.17, 15) is 0 Å². The van der Waals surface area contributed by atoms with E-state index >= 15 is 0 Å². The molecule has 0 spiro atoms. The van der Waals surface area contributed by atoms with Gasteiger partial charge in [0.05, 0.1) is 68.2 Å². The Kier molecular flexibility index (Phi) is 11.4. The van der Waals surface area contributed by atoms with Gasteiger partial charge in [-0.2, -0.15) is 0 Å². The smallest absolute Gasteiger partial charge is 0.0692 e. The van der Waals surface area contributed by atoms with Crippen LogP contribution < -0.4 is 44.2 Å². The third-order valence-electron chi connectivity index (χ3n) is 7.73. The molecule has 250 valence electrons. The SMILES string of the molecule is Nc1ccccc1N(c1ccccc1N)c1ccccc1N.Nc1ccccc1N(c1ccccc1N)c1ccccc1N.c1ccccc1. The van der Waals surface area contributed by atoms with Gasteiger partial charge >= 0.3 is 0 Å². The molecule has 50 heavy (non-hydrogen) atoms. The van der Waals surface area contributed by atoms with Crippen LogP contribution in [0.25, 0.3) is 0 Å². The molecule has 0 saturated carbocycles. The van der Waals surface area contributed by atoms with E-state index in [1.54, 1.807) is 0 Å². The highest BCUT2D eigenvalue weighted by Gasteiger charge is 2.19. The molecule has 0 aliphatic rings. The fourth-order valence-corrected chi connectivity index (χ4v) is 5.31. The second-order valence-corrected chi connectivity index (χ2v) is 11.2. The van der Waals surface area contributed by atoms with Gasteiger partial charge in [0.15, 0.2) is 0 Å². The highest BCUT2D eigenvalue weighted by molar-refractivity contribution is 5.93. The molecule has 0 aromatic heterocycles. The summed E-state index contributed by atoms with van der Waals surface area (Å²) < 4.78 is 0. The molecule has 8 heteroatoms. The van der Waals surface area contributed by atoms with Crippen LogP contribution in [0.15, 0.2) is 182 Å². The summed E-state index contributed by atoms with van der Waals surface area (Å²) in [7, 11) is 0. The number of benzene rings is 7. The third-order valence-corrected chi connectivity index (χ3v) is 7.73. The van der Waals surface area contributed by atoms with Crippen molar-refractivity contribution in [3.63, 3.8) is 0 Å². The van der Waals surface area contributed by atoms with Gasteiger partial charge in [-0.1, -0.05) is 109 Å². The molecule has 0 bridgehead atoms. The van der Waals surface area contributed by atoms with Crippen LogP contribution in [0.4, 0.5) is 68.2 Å². The first-order valence-corrected chi connectivity index (χ1v) is 16.0. The lowest BCUT2D eigenvalue weighted by molar-refractivity contribution is 1.29. The number of nitrogens with zero attached hydrogens (tertiary/aromatic N) is 2. The van der Waals surface area contributed by atoms with E-state index in [0.29, 0.717) is 34.1 Å². The van der Waals surface area contributed by atoms with E-state index in [0.717, 1.165) is 34.1 Å². The highest BCUT2D eigenvalue weighted by Crippen LogP contribution is 2.43. The summed E-state index contributed by atoms with van der Waals surface area (Å²) >= 11 is 0. The fourth-order valence-electron chi connectivity index (χ4n) is 5.31. The summed E-state index contributed by atoms with van der Waals surface area (Å²) in [6, 6.07) is 57.9. The quantitative estimate of drug-likeness (QED) is 0.0962. The molecule has 0 aliphatic carbocycles. The van der Waals surface area contributed by atoms with Crippen molar-refractivity contribution >= 4 is 68.2 Å². The zero-order valence-electron chi connectivity index (χ0n) is 27.7. The number of para-hydroxylation sites is 12. The molecular weight excluding hydrogens is 617 g/mol. The average molecular weight is 659 g/mol. The first kappa shape index (κ1) is 34.3. The van der Waals surface area contributed by atoms with Crippen LogP contribution in [0.3, 0.4) is 0 Å². The van der Waals surface area contributed by atoms with Crippen LogP contribution in [0.1, 0.15) is 0 Å². The molecule has 0 radical (unpaired) electrons. The number of hydrogen-bond donors (Lipinski definition) is 6. The molecule has 0 saturated heterocycles. The Balaban J connectivity index is 0.000000167. The van der Waals surface area contributed by atoms with Gasteiger partial charge in [-0.3, -0.25) is 0 Å². The van der Waals surface area contributed by atoms with Crippen molar-refractivity contribution in [2.24, 2.45) is 0 Å². The van der Waals surface area contributed by atoms with Crippen molar-refractivity contribution in [3.8, 4) is 0 Å². The van der Waals surface area contributed by atoms with Crippen LogP contribution in [-0.4, -0.2) is 0 Å². The van der Waals surface area contributed by atoms with Crippen molar-refractivity contribution in [2.75, 3.05) is 44.2 Å². The first-order valence-electron chi connectivity index (χ1n) is 16.0. The van der Waals surface area contributed by atoms with E-state index < -0.39 is 0 Å². The summed E-state index contributed by atoms with van der Waals surface area (Å²) in [5.41, 5.74) is 46.1. The van der Waals surface area contributed by atoms with Gasteiger partial charge in [-0.15, -0.1) is 0 Å². The molecule has 0 unspecified atom stereocenters. The van der Waals surface area contributed by atoms with Crippen molar-refractivity contribution in [2.45, 2.75) is 0 Å². The predicted octanol–water partition coefficient (Wildman–Crippen LogP) is 9.49. The fraction of sp³-hybridized carbons (Fsp3) is 0. The molecule has 0 aliphatic heterocycles. The first-order chi connectivity index (χ1) is 24.4. The monoisotopic (exact) mass is 658 g/mol. The van der Waals surface area contributed by atoms with E-state index in [1.165, 1.54) is 0 Å². The lowest BCUT2D eigenvalue weighted by atomic mass is 10.1. The number of nitrogen functional groups attached to an aromatic ring is 6. The zero-order chi connectivity index (χ0) is 35.3. The van der Waals surface area contributed by atoms with Gasteiger partial charge in [0.1, 0.15) is 0 Å². The maximum atomic E-state index is 6.17. The van der Waals surface area contributed by atoms with E-state index in [-0.39, 0.29) is 0 Å². The van der Waals surface area contributed by atoms with E-state index in [1.807, 2.05) is 192 Å². The van der Waals surface area contributed by atoms with E-state index in [2.05, 4.69) is 0 Å². The topological polar surface area (TPSA) is 163 Å². The Bertz CT molecular complexity index is 1740.